The molecule has 0 unspecified atom stereocenters. The van der Waals surface area contributed by atoms with E-state index in [-0.39, 0.29) is 6.42 Å². The molecular weight excluding hydrogens is 384 g/mol. The van der Waals surface area contributed by atoms with E-state index in [0.717, 1.165) is 15.5 Å². The van der Waals surface area contributed by atoms with Gasteiger partial charge < -0.3 is 14.6 Å². The van der Waals surface area contributed by atoms with Crippen LogP contribution in [0.3, 0.4) is 0 Å². The number of carbonyl (C=O) groups is 1. The van der Waals surface area contributed by atoms with Crippen molar-refractivity contribution in [1.29, 1.82) is 0 Å². The van der Waals surface area contributed by atoms with Crippen molar-refractivity contribution >= 4 is 17.3 Å². The van der Waals surface area contributed by atoms with Crippen LogP contribution < -0.4 is 4.74 Å². The molecule has 4 nitrogen and oxygen atoms in total. The van der Waals surface area contributed by atoms with E-state index in [0.29, 0.717) is 13.2 Å². The minimum Gasteiger partial charge on any atom is -0.481 e. The van der Waals surface area contributed by atoms with Crippen LogP contribution in [0.5, 0.6) is 5.06 Å². The molecule has 1 aromatic heterocycles. The number of ether oxygens (including phenoxy) is 2. The van der Waals surface area contributed by atoms with Gasteiger partial charge in [0.1, 0.15) is 12.7 Å². The Bertz CT molecular complexity index is 956. The van der Waals surface area contributed by atoms with Gasteiger partial charge in [0.25, 0.3) is 0 Å². The molecule has 0 aliphatic heterocycles. The van der Waals surface area contributed by atoms with E-state index in [9.17, 15) is 4.79 Å². The van der Waals surface area contributed by atoms with E-state index < -0.39 is 12.1 Å². The Labute approximate surface area is 175 Å². The van der Waals surface area contributed by atoms with E-state index in [2.05, 4.69) is 56.3 Å². The number of rotatable bonds is 9. The van der Waals surface area contributed by atoms with Crippen LogP contribution in [0.2, 0.25) is 0 Å². The second-order valence-corrected chi connectivity index (χ2v) is 8.03. The smallest absolute Gasteiger partial charge is 0.306 e. The van der Waals surface area contributed by atoms with Gasteiger partial charge in [0.2, 0.25) is 0 Å². The van der Waals surface area contributed by atoms with E-state index >= 15 is 0 Å². The maximum Gasteiger partial charge on any atom is 0.306 e. The third-order valence-electron chi connectivity index (χ3n) is 4.73. The molecule has 0 saturated carbocycles. The Kier molecular flexibility index (Phi) is 7.07. The molecule has 3 rings (SSSR count). The van der Waals surface area contributed by atoms with Gasteiger partial charge >= 0.3 is 5.97 Å². The van der Waals surface area contributed by atoms with Crippen molar-refractivity contribution in [3.8, 4) is 16.2 Å². The summed E-state index contributed by atoms with van der Waals surface area (Å²) in [7, 11) is 0. The molecule has 1 heterocycles. The van der Waals surface area contributed by atoms with Crippen LogP contribution in [0.15, 0.2) is 54.6 Å². The predicted octanol–water partition coefficient (Wildman–Crippen LogP) is 6.16. The minimum atomic E-state index is -0.873. The molecule has 1 N–H and O–H groups in total. The Morgan fingerprint density at radius 1 is 1.07 bits per heavy atom. The third-order valence-corrected chi connectivity index (χ3v) is 5.82. The molecule has 29 heavy (non-hydrogen) atoms. The lowest BCUT2D eigenvalue weighted by atomic mass is 9.95. The highest BCUT2D eigenvalue weighted by atomic mass is 32.1. The number of carboxylic acid groups (broad SMARTS) is 1. The van der Waals surface area contributed by atoms with Gasteiger partial charge in [0.05, 0.1) is 6.42 Å². The second-order valence-electron chi connectivity index (χ2n) is 6.95. The number of thiophene rings is 1. The van der Waals surface area contributed by atoms with Gasteiger partial charge in [-0.2, -0.15) is 0 Å². The summed E-state index contributed by atoms with van der Waals surface area (Å²) in [5.41, 5.74) is 6.05. The number of hydrogen-bond donors (Lipinski definition) is 1. The normalized spacial score (nSPS) is 12.0. The lowest BCUT2D eigenvalue weighted by Gasteiger charge is -2.13. The first-order valence-electron chi connectivity index (χ1n) is 9.69. The van der Waals surface area contributed by atoms with Gasteiger partial charge in [-0.25, -0.2) is 0 Å². The monoisotopic (exact) mass is 410 g/mol. The van der Waals surface area contributed by atoms with Gasteiger partial charge in [-0.05, 0) is 66.8 Å². The summed E-state index contributed by atoms with van der Waals surface area (Å²) in [4.78, 5) is 11.9. The lowest BCUT2D eigenvalue weighted by molar-refractivity contribution is -0.140. The molecule has 0 aliphatic rings. The molecule has 0 spiro atoms. The minimum absolute atomic E-state index is 0.0500. The third kappa shape index (κ3) is 5.46. The summed E-state index contributed by atoms with van der Waals surface area (Å²) in [6, 6.07) is 18.5. The lowest BCUT2D eigenvalue weighted by Crippen LogP contribution is -2.08. The highest BCUT2D eigenvalue weighted by Gasteiger charge is 2.18. The summed E-state index contributed by atoms with van der Waals surface area (Å²) in [5, 5.41) is 9.84. The van der Waals surface area contributed by atoms with E-state index in [1.807, 2.05) is 19.1 Å². The molecule has 2 aromatic carbocycles. The van der Waals surface area contributed by atoms with Crippen LogP contribution in [0.25, 0.3) is 11.1 Å². The summed E-state index contributed by atoms with van der Waals surface area (Å²) >= 11 is 1.44. The Morgan fingerprint density at radius 2 is 1.79 bits per heavy atom. The molecule has 152 valence electrons. The van der Waals surface area contributed by atoms with E-state index in [1.54, 1.807) is 0 Å². The van der Waals surface area contributed by atoms with Crippen molar-refractivity contribution in [2.24, 2.45) is 0 Å². The maximum absolute atomic E-state index is 11.1. The molecule has 0 fully saturated rings. The van der Waals surface area contributed by atoms with Crippen LogP contribution in [-0.2, 0) is 16.1 Å². The molecule has 3 aromatic rings. The van der Waals surface area contributed by atoms with Crippen LogP contribution in [0, 0.1) is 13.8 Å². The Hall–Kier alpha value is -2.63. The predicted molar refractivity (Wildman–Crippen MR) is 117 cm³/mol. The molecular formula is C24H26O4S. The fraction of sp³-hybridized carbons (Fsp3) is 0.292. The Morgan fingerprint density at radius 3 is 2.48 bits per heavy atom. The number of aliphatic carboxylic acids is 1. The van der Waals surface area contributed by atoms with Crippen molar-refractivity contribution in [2.45, 2.75) is 39.9 Å². The molecule has 0 saturated heterocycles. The zero-order chi connectivity index (χ0) is 20.8. The highest BCUT2D eigenvalue weighted by Crippen LogP contribution is 2.34. The first kappa shape index (κ1) is 21.1. The SMILES string of the molecule is CCO[C@@H](CC(=O)O)c1ccc(OCc2cccc(-c3c(C)cccc3C)c2)s1. The van der Waals surface area contributed by atoms with Gasteiger partial charge in [-0.3, -0.25) is 4.79 Å². The maximum atomic E-state index is 11.1. The molecule has 0 aliphatic carbocycles. The van der Waals surface area contributed by atoms with Crippen LogP contribution in [0.1, 0.15) is 41.0 Å². The second kappa shape index (κ2) is 9.72. The van der Waals surface area contributed by atoms with Gasteiger partial charge in [0.15, 0.2) is 5.06 Å². The van der Waals surface area contributed by atoms with Crippen LogP contribution in [0.4, 0.5) is 0 Å². The number of hydrogen-bond acceptors (Lipinski definition) is 4. The van der Waals surface area contributed by atoms with Gasteiger partial charge in [-0.15, -0.1) is 11.3 Å². The van der Waals surface area contributed by atoms with E-state index in [4.69, 9.17) is 14.6 Å². The number of carboxylic acids is 1. The average Bonchev–Trinajstić information content (AvgIpc) is 3.15. The molecule has 0 amide bonds. The van der Waals surface area contributed by atoms with Crippen molar-refractivity contribution in [3.05, 3.63) is 76.2 Å². The standard InChI is InChI=1S/C24H26O4S/c1-4-27-20(14-22(25)26)21-11-12-23(29-21)28-15-18-9-6-10-19(13-18)24-16(2)7-5-8-17(24)3/h5-13,20H,4,14-15H2,1-3H3,(H,25,26)/t20-/m0/s1. The zero-order valence-electron chi connectivity index (χ0n) is 17.0. The largest absolute Gasteiger partial charge is 0.481 e. The van der Waals surface area contributed by atoms with Crippen LogP contribution >= 0.6 is 11.3 Å². The van der Waals surface area contributed by atoms with Crippen molar-refractivity contribution in [1.82, 2.24) is 0 Å². The van der Waals surface area contributed by atoms with Crippen molar-refractivity contribution in [3.63, 3.8) is 0 Å². The number of benzene rings is 2. The fourth-order valence-corrected chi connectivity index (χ4v) is 4.33. The highest BCUT2D eigenvalue weighted by molar-refractivity contribution is 7.13. The first-order valence-corrected chi connectivity index (χ1v) is 10.5. The average molecular weight is 411 g/mol. The summed E-state index contributed by atoms with van der Waals surface area (Å²) in [6.07, 6.45) is -0.488. The molecule has 0 bridgehead atoms. The summed E-state index contributed by atoms with van der Waals surface area (Å²) in [6.45, 7) is 7.05. The molecule has 0 radical (unpaired) electrons. The number of aryl methyl sites for hydroxylation is 2. The van der Waals surface area contributed by atoms with E-state index in [1.165, 1.54) is 33.6 Å². The molecule has 1 atom stereocenters. The summed E-state index contributed by atoms with van der Waals surface area (Å²) in [5.74, 6) is -0.873. The summed E-state index contributed by atoms with van der Waals surface area (Å²) < 4.78 is 11.5. The first-order chi connectivity index (χ1) is 14.0. The van der Waals surface area contributed by atoms with Gasteiger partial charge in [-0.1, -0.05) is 36.4 Å². The Balaban J connectivity index is 1.71. The zero-order valence-corrected chi connectivity index (χ0v) is 17.8. The quantitative estimate of drug-likeness (QED) is 0.459. The topological polar surface area (TPSA) is 55.8 Å². The van der Waals surface area contributed by atoms with Crippen LogP contribution in [-0.4, -0.2) is 17.7 Å². The van der Waals surface area contributed by atoms with Crippen molar-refractivity contribution < 1.29 is 19.4 Å². The van der Waals surface area contributed by atoms with Gasteiger partial charge in [0, 0.05) is 11.5 Å². The fourth-order valence-electron chi connectivity index (χ4n) is 3.43. The van der Waals surface area contributed by atoms with Crippen molar-refractivity contribution in [2.75, 3.05) is 6.61 Å². The molecule has 5 heteroatoms.